The van der Waals surface area contributed by atoms with Crippen molar-refractivity contribution in [1.29, 1.82) is 0 Å². The van der Waals surface area contributed by atoms with Gasteiger partial charge in [0, 0.05) is 17.6 Å². The highest BCUT2D eigenvalue weighted by molar-refractivity contribution is 6.30. The van der Waals surface area contributed by atoms with Crippen LogP contribution in [0.2, 0.25) is 5.02 Å². The molecule has 0 bridgehead atoms. The minimum absolute atomic E-state index is 0.0728. The topological polar surface area (TPSA) is 59.0 Å². The van der Waals surface area contributed by atoms with E-state index in [4.69, 9.17) is 11.6 Å². The molecule has 23 heavy (non-hydrogen) atoms. The maximum Gasteiger partial charge on any atom is 0.255 e. The molecule has 2 aromatic rings. The highest BCUT2D eigenvalue weighted by Crippen LogP contribution is 2.18. The Balaban J connectivity index is 1.80. The summed E-state index contributed by atoms with van der Waals surface area (Å²) in [6, 6.07) is 7.59. The molecule has 2 unspecified atom stereocenters. The average Bonchev–Trinajstić information content (AvgIpc) is 2.91. The summed E-state index contributed by atoms with van der Waals surface area (Å²) in [6.45, 7) is 5.90. The van der Waals surface area contributed by atoms with E-state index in [1.54, 1.807) is 10.9 Å². The van der Waals surface area contributed by atoms with Crippen LogP contribution >= 0.6 is 11.6 Å². The van der Waals surface area contributed by atoms with E-state index < -0.39 is 0 Å². The number of hydrogen-bond acceptors (Lipinski definition) is 3. The molecule has 1 aromatic heterocycles. The van der Waals surface area contributed by atoms with Crippen LogP contribution in [0.1, 0.15) is 29.4 Å². The van der Waals surface area contributed by atoms with E-state index in [1.807, 2.05) is 31.2 Å². The lowest BCUT2D eigenvalue weighted by molar-refractivity contribution is 0.0914. The fraction of sp³-hybridized carbons (Fsp3) is 0.412. The molecule has 2 heterocycles. The smallest absolute Gasteiger partial charge is 0.255 e. The molecule has 1 aromatic carbocycles. The van der Waals surface area contributed by atoms with E-state index in [9.17, 15) is 4.79 Å². The van der Waals surface area contributed by atoms with Crippen molar-refractivity contribution in [2.45, 2.75) is 26.3 Å². The number of benzene rings is 1. The van der Waals surface area contributed by atoms with Gasteiger partial charge >= 0.3 is 0 Å². The first-order chi connectivity index (χ1) is 11.1. The number of hydrogen-bond donors (Lipinski definition) is 2. The Kier molecular flexibility index (Phi) is 4.68. The number of halogens is 1. The summed E-state index contributed by atoms with van der Waals surface area (Å²) in [4.78, 5) is 12.6. The van der Waals surface area contributed by atoms with Gasteiger partial charge in [0.15, 0.2) is 0 Å². The van der Waals surface area contributed by atoms with E-state index in [1.165, 1.54) is 0 Å². The minimum atomic E-state index is -0.0728. The molecule has 3 rings (SSSR count). The average molecular weight is 333 g/mol. The molecule has 2 N–H and O–H groups in total. The Morgan fingerprint density at radius 1 is 1.48 bits per heavy atom. The third kappa shape index (κ3) is 3.41. The Hall–Kier alpha value is -1.85. The van der Waals surface area contributed by atoms with Crippen molar-refractivity contribution in [3.63, 3.8) is 0 Å². The summed E-state index contributed by atoms with van der Waals surface area (Å²) >= 11 is 6.03. The molecular formula is C17H21ClN4O. The monoisotopic (exact) mass is 332 g/mol. The molecule has 122 valence electrons. The number of carbonyl (C=O) groups is 1. The van der Waals surface area contributed by atoms with Crippen LogP contribution in [-0.2, 0) is 0 Å². The standard InChI is InChI=1S/C17H21ClN4O/c1-11-6-7-19-10-16(11)21-17(23)15-9-20-22(12(15)2)14-5-3-4-13(18)8-14/h3-5,8-9,11,16,19H,6-7,10H2,1-2H3,(H,21,23). The summed E-state index contributed by atoms with van der Waals surface area (Å²) in [6.07, 6.45) is 2.69. The van der Waals surface area contributed by atoms with Gasteiger partial charge in [0.1, 0.15) is 0 Å². The van der Waals surface area contributed by atoms with Crippen molar-refractivity contribution in [3.05, 3.63) is 46.7 Å². The number of carbonyl (C=O) groups excluding carboxylic acids is 1. The zero-order valence-corrected chi connectivity index (χ0v) is 14.1. The van der Waals surface area contributed by atoms with Gasteiger partial charge in [-0.2, -0.15) is 5.10 Å². The van der Waals surface area contributed by atoms with Crippen molar-refractivity contribution >= 4 is 17.5 Å². The van der Waals surface area contributed by atoms with Gasteiger partial charge in [-0.3, -0.25) is 4.79 Å². The molecule has 0 aliphatic carbocycles. The van der Waals surface area contributed by atoms with Crippen LogP contribution in [0.4, 0.5) is 0 Å². The maximum absolute atomic E-state index is 12.6. The Labute approximate surface area is 141 Å². The first kappa shape index (κ1) is 16.0. The van der Waals surface area contributed by atoms with E-state index >= 15 is 0 Å². The molecule has 1 fully saturated rings. The first-order valence-electron chi connectivity index (χ1n) is 7.88. The Morgan fingerprint density at radius 2 is 2.30 bits per heavy atom. The Bertz CT molecular complexity index is 712. The zero-order valence-electron chi connectivity index (χ0n) is 13.3. The number of rotatable bonds is 3. The van der Waals surface area contributed by atoms with E-state index in [0.717, 1.165) is 30.9 Å². The quantitative estimate of drug-likeness (QED) is 0.908. The summed E-state index contributed by atoms with van der Waals surface area (Å²) in [7, 11) is 0. The van der Waals surface area contributed by atoms with E-state index in [0.29, 0.717) is 16.5 Å². The van der Waals surface area contributed by atoms with Gasteiger partial charge in [0.2, 0.25) is 0 Å². The van der Waals surface area contributed by atoms with Crippen LogP contribution in [0, 0.1) is 12.8 Å². The van der Waals surface area contributed by atoms with Crippen molar-refractivity contribution in [1.82, 2.24) is 20.4 Å². The van der Waals surface area contributed by atoms with Gasteiger partial charge < -0.3 is 10.6 Å². The third-order valence-electron chi connectivity index (χ3n) is 4.45. The molecule has 1 aliphatic heterocycles. The number of nitrogens with zero attached hydrogens (tertiary/aromatic N) is 2. The lowest BCUT2D eigenvalue weighted by Crippen LogP contribution is -2.50. The van der Waals surface area contributed by atoms with Crippen molar-refractivity contribution in [3.8, 4) is 5.69 Å². The molecule has 5 nitrogen and oxygen atoms in total. The van der Waals surface area contributed by atoms with Crippen LogP contribution in [0.25, 0.3) is 5.69 Å². The van der Waals surface area contributed by atoms with E-state index in [-0.39, 0.29) is 11.9 Å². The molecule has 0 radical (unpaired) electrons. The largest absolute Gasteiger partial charge is 0.348 e. The highest BCUT2D eigenvalue weighted by atomic mass is 35.5. The fourth-order valence-corrected chi connectivity index (χ4v) is 3.11. The minimum Gasteiger partial charge on any atom is -0.348 e. The van der Waals surface area contributed by atoms with Gasteiger partial charge in [-0.1, -0.05) is 24.6 Å². The molecule has 0 saturated carbocycles. The number of piperidine rings is 1. The molecule has 0 spiro atoms. The second-order valence-corrected chi connectivity index (χ2v) is 6.52. The SMILES string of the molecule is Cc1c(C(=O)NC2CNCCC2C)cnn1-c1cccc(Cl)c1. The summed E-state index contributed by atoms with van der Waals surface area (Å²) < 4.78 is 1.74. The van der Waals surface area contributed by atoms with Crippen LogP contribution < -0.4 is 10.6 Å². The van der Waals surface area contributed by atoms with Crippen molar-refractivity contribution < 1.29 is 4.79 Å². The van der Waals surface area contributed by atoms with Crippen molar-refractivity contribution in [2.24, 2.45) is 5.92 Å². The van der Waals surface area contributed by atoms with Gasteiger partial charge in [0.25, 0.3) is 5.91 Å². The predicted octanol–water partition coefficient (Wildman–Crippen LogP) is 2.56. The van der Waals surface area contributed by atoms with Crippen molar-refractivity contribution in [2.75, 3.05) is 13.1 Å². The fourth-order valence-electron chi connectivity index (χ4n) is 2.93. The number of aromatic nitrogens is 2. The summed E-state index contributed by atoms with van der Waals surface area (Å²) in [5.74, 6) is 0.403. The molecule has 6 heteroatoms. The molecule has 2 atom stereocenters. The third-order valence-corrected chi connectivity index (χ3v) is 4.69. The molecule has 1 amide bonds. The van der Waals surface area contributed by atoms with Crippen LogP contribution in [0.3, 0.4) is 0 Å². The second kappa shape index (κ2) is 6.72. The summed E-state index contributed by atoms with van der Waals surface area (Å²) in [5.41, 5.74) is 2.26. The predicted molar refractivity (Wildman–Crippen MR) is 91.2 cm³/mol. The van der Waals surface area contributed by atoms with Gasteiger partial charge in [-0.15, -0.1) is 0 Å². The second-order valence-electron chi connectivity index (χ2n) is 6.09. The molecule has 1 saturated heterocycles. The maximum atomic E-state index is 12.6. The van der Waals surface area contributed by atoms with Crippen LogP contribution in [0.5, 0.6) is 0 Å². The van der Waals surface area contributed by atoms with Gasteiger partial charge in [-0.05, 0) is 44.0 Å². The van der Waals surface area contributed by atoms with E-state index in [2.05, 4.69) is 22.7 Å². The van der Waals surface area contributed by atoms with Gasteiger partial charge in [0.05, 0.1) is 23.1 Å². The number of nitrogens with one attached hydrogen (secondary N) is 2. The zero-order chi connectivity index (χ0) is 16.4. The molecule has 1 aliphatic rings. The Morgan fingerprint density at radius 3 is 3.04 bits per heavy atom. The highest BCUT2D eigenvalue weighted by Gasteiger charge is 2.24. The number of amides is 1. The normalized spacial score (nSPS) is 21.2. The lowest BCUT2D eigenvalue weighted by atomic mass is 9.94. The first-order valence-corrected chi connectivity index (χ1v) is 8.26. The van der Waals surface area contributed by atoms with Crippen LogP contribution in [0.15, 0.2) is 30.5 Å². The van der Waals surface area contributed by atoms with Gasteiger partial charge in [-0.25, -0.2) is 4.68 Å². The lowest BCUT2D eigenvalue weighted by Gasteiger charge is -2.30. The van der Waals surface area contributed by atoms with Crippen LogP contribution in [-0.4, -0.2) is 34.8 Å². The summed E-state index contributed by atoms with van der Waals surface area (Å²) in [5, 5.41) is 11.4. The molecular weight excluding hydrogens is 312 g/mol.